The highest BCUT2D eigenvalue weighted by molar-refractivity contribution is 7.71. The van der Waals surface area contributed by atoms with Gasteiger partial charge >= 0.3 is 0 Å². The first-order chi connectivity index (χ1) is 10.6. The quantitative estimate of drug-likeness (QED) is 0.831. The van der Waals surface area contributed by atoms with Crippen LogP contribution in [0.25, 0.3) is 0 Å². The van der Waals surface area contributed by atoms with Crippen molar-refractivity contribution in [3.63, 3.8) is 0 Å². The summed E-state index contributed by atoms with van der Waals surface area (Å²) in [5.74, 6) is 0.968. The molecule has 1 aliphatic carbocycles. The molecule has 0 unspecified atom stereocenters. The van der Waals surface area contributed by atoms with Crippen LogP contribution in [0.3, 0.4) is 0 Å². The number of nitrogens with zero attached hydrogens (tertiary/aromatic N) is 3. The van der Waals surface area contributed by atoms with E-state index in [1.807, 2.05) is 10.6 Å². The van der Waals surface area contributed by atoms with Crippen LogP contribution in [-0.2, 0) is 6.54 Å². The molecule has 3 rings (SSSR count). The maximum atomic E-state index is 12.2. The molecule has 0 aromatic carbocycles. The molecule has 1 amide bonds. The van der Waals surface area contributed by atoms with Crippen molar-refractivity contribution in [3.8, 4) is 0 Å². The van der Waals surface area contributed by atoms with Gasteiger partial charge in [-0.3, -0.25) is 19.4 Å². The van der Waals surface area contributed by atoms with E-state index in [2.05, 4.69) is 34.3 Å². The van der Waals surface area contributed by atoms with Gasteiger partial charge in [-0.1, -0.05) is 13.8 Å². The summed E-state index contributed by atoms with van der Waals surface area (Å²) in [7, 11) is 0. The van der Waals surface area contributed by atoms with Gasteiger partial charge in [0, 0.05) is 17.9 Å². The molecule has 2 N–H and O–H groups in total. The Labute approximate surface area is 134 Å². The summed E-state index contributed by atoms with van der Waals surface area (Å²) >= 11 is 5.22. The number of hydrogen-bond donors (Lipinski definition) is 2. The SMILES string of the molecule is CC(C)c1ccc(C(=O)NCc2n[nH]c(=S)n2C2CC2)cn1. The largest absolute Gasteiger partial charge is 0.345 e. The molecule has 2 aromatic rings. The number of carbonyl (C=O) groups excluding carboxylic acids is 1. The maximum absolute atomic E-state index is 12.2. The van der Waals surface area contributed by atoms with Crippen LogP contribution in [0.15, 0.2) is 18.3 Å². The van der Waals surface area contributed by atoms with Crippen LogP contribution in [0.5, 0.6) is 0 Å². The number of H-pyrrole nitrogens is 1. The molecule has 0 saturated heterocycles. The molecule has 116 valence electrons. The Kier molecular flexibility index (Phi) is 4.06. The molecule has 22 heavy (non-hydrogen) atoms. The average molecular weight is 317 g/mol. The van der Waals surface area contributed by atoms with Crippen molar-refractivity contribution in [2.75, 3.05) is 0 Å². The minimum atomic E-state index is -0.154. The highest BCUT2D eigenvalue weighted by atomic mass is 32.1. The van der Waals surface area contributed by atoms with Crippen LogP contribution in [-0.4, -0.2) is 25.7 Å². The molecular weight excluding hydrogens is 298 g/mol. The molecule has 1 saturated carbocycles. The first-order valence-corrected chi connectivity index (χ1v) is 7.87. The van der Waals surface area contributed by atoms with E-state index in [-0.39, 0.29) is 5.91 Å². The summed E-state index contributed by atoms with van der Waals surface area (Å²) in [6.07, 6.45) is 3.85. The Morgan fingerprint density at radius 2 is 2.27 bits per heavy atom. The second-order valence-electron chi connectivity index (χ2n) is 5.86. The maximum Gasteiger partial charge on any atom is 0.253 e. The lowest BCUT2D eigenvalue weighted by Crippen LogP contribution is -2.25. The molecule has 0 aliphatic heterocycles. The lowest BCUT2D eigenvalue weighted by atomic mass is 10.1. The molecule has 0 radical (unpaired) electrons. The zero-order valence-electron chi connectivity index (χ0n) is 12.7. The van der Waals surface area contributed by atoms with Gasteiger partial charge in [-0.25, -0.2) is 0 Å². The Morgan fingerprint density at radius 3 is 2.86 bits per heavy atom. The van der Waals surface area contributed by atoms with E-state index >= 15 is 0 Å². The van der Waals surface area contributed by atoms with Crippen molar-refractivity contribution in [1.29, 1.82) is 0 Å². The lowest BCUT2D eigenvalue weighted by Gasteiger charge is -2.08. The lowest BCUT2D eigenvalue weighted by molar-refractivity contribution is 0.0949. The van der Waals surface area contributed by atoms with E-state index < -0.39 is 0 Å². The molecule has 0 atom stereocenters. The number of hydrogen-bond acceptors (Lipinski definition) is 4. The van der Waals surface area contributed by atoms with Gasteiger partial charge in [0.25, 0.3) is 5.91 Å². The number of amides is 1. The number of nitrogens with one attached hydrogen (secondary N) is 2. The van der Waals surface area contributed by atoms with Gasteiger partial charge < -0.3 is 5.32 Å². The molecular formula is C15H19N5OS. The van der Waals surface area contributed by atoms with Gasteiger partial charge in [-0.05, 0) is 43.1 Å². The number of carbonyl (C=O) groups is 1. The summed E-state index contributed by atoms with van der Waals surface area (Å²) in [4.78, 5) is 16.5. The topological polar surface area (TPSA) is 75.6 Å². The summed E-state index contributed by atoms with van der Waals surface area (Å²) in [5, 5.41) is 9.86. The van der Waals surface area contributed by atoms with Gasteiger partial charge in [0.2, 0.25) is 0 Å². The van der Waals surface area contributed by atoms with Gasteiger partial charge in [-0.2, -0.15) is 5.10 Å². The molecule has 6 nitrogen and oxygen atoms in total. The molecule has 0 bridgehead atoms. The second kappa shape index (κ2) is 6.00. The molecule has 1 aliphatic rings. The minimum Gasteiger partial charge on any atom is -0.345 e. The van der Waals surface area contributed by atoms with Gasteiger partial charge in [0.15, 0.2) is 10.6 Å². The third-order valence-corrected chi connectivity index (χ3v) is 4.02. The average Bonchev–Trinajstić information content (AvgIpc) is 3.28. The van der Waals surface area contributed by atoms with Crippen molar-refractivity contribution in [2.24, 2.45) is 0 Å². The van der Waals surface area contributed by atoms with Crippen molar-refractivity contribution < 1.29 is 4.79 Å². The van der Waals surface area contributed by atoms with E-state index in [9.17, 15) is 4.79 Å². The van der Waals surface area contributed by atoms with Crippen LogP contribution in [0, 0.1) is 4.77 Å². The van der Waals surface area contributed by atoms with Crippen LogP contribution in [0.2, 0.25) is 0 Å². The normalized spacial score (nSPS) is 14.3. The monoisotopic (exact) mass is 317 g/mol. The Hall–Kier alpha value is -2.02. The number of aromatic nitrogens is 4. The van der Waals surface area contributed by atoms with Gasteiger partial charge in [-0.15, -0.1) is 0 Å². The fourth-order valence-electron chi connectivity index (χ4n) is 2.31. The number of pyridine rings is 1. The standard InChI is InChI=1S/C15H19N5OS/c1-9(2)12-6-3-10(7-16-12)14(21)17-8-13-18-19-15(22)20(13)11-4-5-11/h3,6-7,9,11H,4-5,8H2,1-2H3,(H,17,21)(H,19,22). The fraction of sp³-hybridized carbons (Fsp3) is 0.467. The van der Waals surface area contributed by atoms with E-state index in [0.717, 1.165) is 24.4 Å². The van der Waals surface area contributed by atoms with Crippen LogP contribution in [0.4, 0.5) is 0 Å². The Morgan fingerprint density at radius 1 is 1.50 bits per heavy atom. The summed E-state index contributed by atoms with van der Waals surface area (Å²) in [6.45, 7) is 4.50. The van der Waals surface area contributed by atoms with Crippen molar-refractivity contribution >= 4 is 18.1 Å². The minimum absolute atomic E-state index is 0.154. The number of rotatable bonds is 5. The van der Waals surface area contributed by atoms with Crippen LogP contribution in [0.1, 0.15) is 60.5 Å². The second-order valence-corrected chi connectivity index (χ2v) is 6.24. The first kappa shape index (κ1) is 14.9. The Balaban J connectivity index is 1.66. The van der Waals surface area contributed by atoms with Crippen molar-refractivity contribution in [3.05, 3.63) is 40.2 Å². The third-order valence-electron chi connectivity index (χ3n) is 3.74. The molecule has 1 fully saturated rings. The van der Waals surface area contributed by atoms with E-state index in [1.54, 1.807) is 12.3 Å². The first-order valence-electron chi connectivity index (χ1n) is 7.46. The van der Waals surface area contributed by atoms with Crippen LogP contribution >= 0.6 is 12.2 Å². The van der Waals surface area contributed by atoms with E-state index in [4.69, 9.17) is 12.2 Å². The predicted octanol–water partition coefficient (Wildman–Crippen LogP) is 2.72. The highest BCUT2D eigenvalue weighted by Crippen LogP contribution is 2.35. The molecule has 2 aromatic heterocycles. The predicted molar refractivity (Wildman–Crippen MR) is 85.2 cm³/mol. The van der Waals surface area contributed by atoms with E-state index in [1.165, 1.54) is 0 Å². The smallest absolute Gasteiger partial charge is 0.253 e. The van der Waals surface area contributed by atoms with Crippen molar-refractivity contribution in [1.82, 2.24) is 25.1 Å². The van der Waals surface area contributed by atoms with E-state index in [0.29, 0.717) is 28.8 Å². The molecule has 2 heterocycles. The summed E-state index contributed by atoms with van der Waals surface area (Å²) < 4.78 is 2.62. The fourth-order valence-corrected chi connectivity index (χ4v) is 2.61. The van der Waals surface area contributed by atoms with Crippen LogP contribution < -0.4 is 5.32 Å². The summed E-state index contributed by atoms with van der Waals surface area (Å²) in [6, 6.07) is 4.13. The highest BCUT2D eigenvalue weighted by Gasteiger charge is 2.27. The zero-order chi connectivity index (χ0) is 15.7. The third kappa shape index (κ3) is 3.09. The summed E-state index contributed by atoms with van der Waals surface area (Å²) in [5.41, 5.74) is 1.53. The van der Waals surface area contributed by atoms with Gasteiger partial charge in [0.05, 0.1) is 12.1 Å². The zero-order valence-corrected chi connectivity index (χ0v) is 13.5. The Bertz CT molecular complexity index is 727. The molecule has 0 spiro atoms. The number of aromatic amines is 1. The molecule has 7 heteroatoms. The van der Waals surface area contributed by atoms with Crippen molar-refractivity contribution in [2.45, 2.75) is 45.2 Å². The van der Waals surface area contributed by atoms with Gasteiger partial charge in [0.1, 0.15) is 0 Å².